The molecule has 0 unspecified atom stereocenters. The highest BCUT2D eigenvalue weighted by Crippen LogP contribution is 2.35. The maximum Gasteiger partial charge on any atom is 0.125 e. The molecule has 2 heteroatoms. The Labute approximate surface area is 110 Å². The van der Waals surface area contributed by atoms with Crippen molar-refractivity contribution < 1.29 is 9.53 Å². The van der Waals surface area contributed by atoms with Crippen molar-refractivity contribution in [2.75, 3.05) is 7.11 Å². The number of hydrogen-bond acceptors (Lipinski definition) is 2. The minimum Gasteiger partial charge on any atom is -0.496 e. The van der Waals surface area contributed by atoms with Crippen LogP contribution in [0.3, 0.4) is 0 Å². The molecule has 100 valence electrons. The van der Waals surface area contributed by atoms with Gasteiger partial charge in [-0.2, -0.15) is 0 Å². The van der Waals surface area contributed by atoms with Gasteiger partial charge >= 0.3 is 0 Å². The van der Waals surface area contributed by atoms with Gasteiger partial charge in [0.1, 0.15) is 12.0 Å². The second-order valence-electron chi connectivity index (χ2n) is 5.64. The highest BCUT2D eigenvalue weighted by atomic mass is 16.5. The van der Waals surface area contributed by atoms with E-state index in [1.165, 1.54) is 11.1 Å². The fraction of sp³-hybridized carbons (Fsp3) is 0.562. The summed E-state index contributed by atoms with van der Waals surface area (Å²) in [6.07, 6.45) is 3.27. The number of rotatable bonds is 5. The predicted octanol–water partition coefficient (Wildman–Crippen LogP) is 3.69. The van der Waals surface area contributed by atoms with Crippen molar-refractivity contribution in [1.29, 1.82) is 0 Å². The Hall–Kier alpha value is -1.31. The van der Waals surface area contributed by atoms with Crippen LogP contribution in [0.4, 0.5) is 0 Å². The fourth-order valence-corrected chi connectivity index (χ4v) is 2.16. The summed E-state index contributed by atoms with van der Waals surface area (Å²) in [5, 5.41) is 0. The molecule has 0 fully saturated rings. The lowest BCUT2D eigenvalue weighted by molar-refractivity contribution is -0.107. The van der Waals surface area contributed by atoms with Gasteiger partial charge in [0, 0.05) is 12.0 Å². The standard InChI is InChI=1S/C16H24O2/c1-6-12-10-13(8-7-9-17)15(18-5)14(11-12)16(2,3)4/h9-11H,6-8H2,1-5H3. The largest absolute Gasteiger partial charge is 0.496 e. The number of aryl methyl sites for hydroxylation is 2. The smallest absolute Gasteiger partial charge is 0.125 e. The van der Waals surface area contributed by atoms with Gasteiger partial charge in [0.25, 0.3) is 0 Å². The summed E-state index contributed by atoms with van der Waals surface area (Å²) in [6.45, 7) is 8.72. The SMILES string of the molecule is CCc1cc(CCC=O)c(OC)c(C(C)(C)C)c1. The van der Waals surface area contributed by atoms with Gasteiger partial charge in [-0.15, -0.1) is 0 Å². The fourth-order valence-electron chi connectivity index (χ4n) is 2.16. The van der Waals surface area contributed by atoms with Crippen LogP contribution < -0.4 is 4.74 Å². The average Bonchev–Trinajstić information content (AvgIpc) is 2.33. The first-order valence-electron chi connectivity index (χ1n) is 6.58. The zero-order chi connectivity index (χ0) is 13.8. The van der Waals surface area contributed by atoms with Crippen molar-refractivity contribution in [3.8, 4) is 5.75 Å². The molecule has 0 spiro atoms. The third kappa shape index (κ3) is 3.34. The highest BCUT2D eigenvalue weighted by Gasteiger charge is 2.21. The third-order valence-electron chi connectivity index (χ3n) is 3.18. The van der Waals surface area contributed by atoms with Gasteiger partial charge in [0.15, 0.2) is 0 Å². The molecular formula is C16H24O2. The first kappa shape index (κ1) is 14.7. The molecule has 0 N–H and O–H groups in total. The second kappa shape index (κ2) is 6.03. The summed E-state index contributed by atoms with van der Waals surface area (Å²) in [5.74, 6) is 0.946. The number of hydrogen-bond donors (Lipinski definition) is 0. The first-order chi connectivity index (χ1) is 8.43. The number of carbonyl (C=O) groups is 1. The molecule has 0 atom stereocenters. The van der Waals surface area contributed by atoms with E-state index < -0.39 is 0 Å². The number of methoxy groups -OCH3 is 1. The summed E-state index contributed by atoms with van der Waals surface area (Å²) >= 11 is 0. The molecule has 0 bridgehead atoms. The van der Waals surface area contributed by atoms with E-state index in [0.29, 0.717) is 6.42 Å². The minimum atomic E-state index is 0.0481. The van der Waals surface area contributed by atoms with E-state index in [4.69, 9.17) is 4.74 Å². The van der Waals surface area contributed by atoms with Crippen LogP contribution >= 0.6 is 0 Å². The molecule has 0 saturated heterocycles. The molecule has 1 aromatic carbocycles. The van der Waals surface area contributed by atoms with E-state index in [1.54, 1.807) is 7.11 Å². The summed E-state index contributed by atoms with van der Waals surface area (Å²) in [4.78, 5) is 10.6. The Kier molecular flexibility index (Phi) is 4.94. The third-order valence-corrected chi connectivity index (χ3v) is 3.18. The maximum absolute atomic E-state index is 10.6. The molecule has 18 heavy (non-hydrogen) atoms. The number of benzene rings is 1. The Morgan fingerprint density at radius 2 is 1.94 bits per heavy atom. The minimum absolute atomic E-state index is 0.0481. The Bertz CT molecular complexity index is 414. The zero-order valence-electron chi connectivity index (χ0n) is 12.2. The average molecular weight is 248 g/mol. The Balaban J connectivity index is 3.34. The molecule has 0 saturated carbocycles. The lowest BCUT2D eigenvalue weighted by atomic mass is 9.83. The second-order valence-corrected chi connectivity index (χ2v) is 5.64. The predicted molar refractivity (Wildman–Crippen MR) is 75.5 cm³/mol. The van der Waals surface area contributed by atoms with Crippen LogP contribution in [-0.2, 0) is 23.1 Å². The van der Waals surface area contributed by atoms with Crippen LogP contribution in [0.25, 0.3) is 0 Å². The van der Waals surface area contributed by atoms with E-state index >= 15 is 0 Å². The monoisotopic (exact) mass is 248 g/mol. The number of aldehydes is 1. The number of ether oxygens (including phenoxy) is 1. The van der Waals surface area contributed by atoms with E-state index in [9.17, 15) is 4.79 Å². The van der Waals surface area contributed by atoms with Crippen LogP contribution in [0.5, 0.6) is 5.75 Å². The maximum atomic E-state index is 10.6. The summed E-state index contributed by atoms with van der Waals surface area (Å²) in [6, 6.07) is 4.39. The van der Waals surface area contributed by atoms with E-state index in [1.807, 2.05) is 0 Å². The van der Waals surface area contributed by atoms with Gasteiger partial charge in [0.2, 0.25) is 0 Å². The van der Waals surface area contributed by atoms with E-state index in [0.717, 1.165) is 30.4 Å². The molecule has 0 heterocycles. The van der Waals surface area contributed by atoms with Crippen LogP contribution in [0, 0.1) is 0 Å². The molecule has 0 aromatic heterocycles. The first-order valence-corrected chi connectivity index (χ1v) is 6.58. The lowest BCUT2D eigenvalue weighted by Crippen LogP contribution is -2.15. The molecule has 0 radical (unpaired) electrons. The zero-order valence-corrected chi connectivity index (χ0v) is 12.2. The molecule has 0 amide bonds. The van der Waals surface area contributed by atoms with Gasteiger partial charge in [0.05, 0.1) is 7.11 Å². The van der Waals surface area contributed by atoms with Crippen molar-refractivity contribution in [2.24, 2.45) is 0 Å². The highest BCUT2D eigenvalue weighted by molar-refractivity contribution is 5.53. The molecule has 0 aliphatic heterocycles. The van der Waals surface area contributed by atoms with Crippen molar-refractivity contribution in [1.82, 2.24) is 0 Å². The summed E-state index contributed by atoms with van der Waals surface area (Å²) < 4.78 is 5.58. The van der Waals surface area contributed by atoms with Crippen LogP contribution in [0.15, 0.2) is 12.1 Å². The lowest BCUT2D eigenvalue weighted by Gasteiger charge is -2.25. The molecule has 1 rings (SSSR count). The Morgan fingerprint density at radius 3 is 2.39 bits per heavy atom. The summed E-state index contributed by atoms with van der Waals surface area (Å²) in [5.41, 5.74) is 3.73. The molecular weight excluding hydrogens is 224 g/mol. The Morgan fingerprint density at radius 1 is 1.28 bits per heavy atom. The molecule has 0 aliphatic rings. The number of carbonyl (C=O) groups excluding carboxylic acids is 1. The van der Waals surface area contributed by atoms with Gasteiger partial charge in [-0.1, -0.05) is 39.8 Å². The quantitative estimate of drug-likeness (QED) is 0.743. The molecule has 1 aromatic rings. The molecule has 2 nitrogen and oxygen atoms in total. The van der Waals surface area contributed by atoms with E-state index in [2.05, 4.69) is 39.8 Å². The van der Waals surface area contributed by atoms with Gasteiger partial charge in [-0.05, 0) is 29.4 Å². The van der Waals surface area contributed by atoms with Gasteiger partial charge < -0.3 is 9.53 Å². The van der Waals surface area contributed by atoms with Crippen LogP contribution in [-0.4, -0.2) is 13.4 Å². The topological polar surface area (TPSA) is 26.3 Å². The van der Waals surface area contributed by atoms with Crippen molar-refractivity contribution in [2.45, 2.75) is 52.4 Å². The van der Waals surface area contributed by atoms with Gasteiger partial charge in [-0.3, -0.25) is 0 Å². The van der Waals surface area contributed by atoms with Gasteiger partial charge in [-0.25, -0.2) is 0 Å². The normalized spacial score (nSPS) is 11.4. The van der Waals surface area contributed by atoms with E-state index in [-0.39, 0.29) is 5.41 Å². The van der Waals surface area contributed by atoms with Crippen molar-refractivity contribution >= 4 is 6.29 Å². The molecule has 0 aliphatic carbocycles. The van der Waals surface area contributed by atoms with Crippen molar-refractivity contribution in [3.63, 3.8) is 0 Å². The van der Waals surface area contributed by atoms with Crippen LogP contribution in [0.2, 0.25) is 0 Å². The van der Waals surface area contributed by atoms with Crippen molar-refractivity contribution in [3.05, 3.63) is 28.8 Å². The summed E-state index contributed by atoms with van der Waals surface area (Å²) in [7, 11) is 1.71. The van der Waals surface area contributed by atoms with Crippen LogP contribution in [0.1, 0.15) is 50.8 Å².